The van der Waals surface area contributed by atoms with Crippen molar-refractivity contribution >= 4 is 12.1 Å². The molecule has 1 rings (SSSR count). The van der Waals surface area contributed by atoms with Crippen LogP contribution in [-0.4, -0.2) is 58.3 Å². The number of carbonyl (C=O) groups is 2. The maximum absolute atomic E-state index is 11.5. The zero-order valence-electron chi connectivity index (χ0n) is 13.8. The minimum absolute atomic E-state index is 0.121. The molecule has 0 atom stereocenters. The maximum Gasteiger partial charge on any atom is 0.163 e. The van der Waals surface area contributed by atoms with Crippen LogP contribution in [0.3, 0.4) is 0 Å². The summed E-state index contributed by atoms with van der Waals surface area (Å²) in [5, 5.41) is 0. The SMILES string of the molecule is C#CCOCCOCCOCCOc1cc(C=O)ccc1C(C)=O. The van der Waals surface area contributed by atoms with Gasteiger partial charge in [-0.3, -0.25) is 9.59 Å². The van der Waals surface area contributed by atoms with Crippen LogP contribution in [0, 0.1) is 12.3 Å². The predicted octanol–water partition coefficient (Wildman–Crippen LogP) is 1.76. The van der Waals surface area contributed by atoms with Crippen molar-refractivity contribution in [1.29, 1.82) is 0 Å². The van der Waals surface area contributed by atoms with Gasteiger partial charge in [-0.25, -0.2) is 0 Å². The van der Waals surface area contributed by atoms with Crippen molar-refractivity contribution in [2.75, 3.05) is 46.2 Å². The van der Waals surface area contributed by atoms with Crippen LogP contribution in [0.5, 0.6) is 5.75 Å². The van der Waals surface area contributed by atoms with Crippen LogP contribution in [0.1, 0.15) is 27.6 Å². The van der Waals surface area contributed by atoms with Crippen molar-refractivity contribution < 1.29 is 28.5 Å². The number of ether oxygens (including phenoxy) is 4. The van der Waals surface area contributed by atoms with Gasteiger partial charge in [-0.2, -0.15) is 0 Å². The Bertz CT molecular complexity index is 561. The van der Waals surface area contributed by atoms with Crippen molar-refractivity contribution in [1.82, 2.24) is 0 Å². The predicted molar refractivity (Wildman–Crippen MR) is 88.6 cm³/mol. The van der Waals surface area contributed by atoms with E-state index < -0.39 is 0 Å². The van der Waals surface area contributed by atoms with E-state index in [9.17, 15) is 9.59 Å². The second kappa shape index (κ2) is 12.3. The van der Waals surface area contributed by atoms with Gasteiger partial charge in [0.1, 0.15) is 25.2 Å². The summed E-state index contributed by atoms with van der Waals surface area (Å²) in [4.78, 5) is 22.3. The Hall–Kier alpha value is -2.20. The van der Waals surface area contributed by atoms with Crippen LogP contribution in [0.25, 0.3) is 0 Å². The van der Waals surface area contributed by atoms with E-state index in [4.69, 9.17) is 25.4 Å². The molecule has 0 saturated heterocycles. The molecule has 0 radical (unpaired) electrons. The molecule has 0 aliphatic heterocycles. The third kappa shape index (κ3) is 7.88. The van der Waals surface area contributed by atoms with Gasteiger partial charge in [-0.1, -0.05) is 12.0 Å². The van der Waals surface area contributed by atoms with E-state index in [0.29, 0.717) is 56.2 Å². The van der Waals surface area contributed by atoms with E-state index in [1.807, 2.05) is 0 Å². The van der Waals surface area contributed by atoms with Crippen molar-refractivity contribution in [2.24, 2.45) is 0 Å². The Morgan fingerprint density at radius 3 is 2.29 bits per heavy atom. The first-order valence-electron chi connectivity index (χ1n) is 7.58. The molecule has 0 N–H and O–H groups in total. The summed E-state index contributed by atoms with van der Waals surface area (Å²) in [6, 6.07) is 4.71. The van der Waals surface area contributed by atoms with Gasteiger partial charge in [-0.15, -0.1) is 6.42 Å². The smallest absolute Gasteiger partial charge is 0.163 e. The number of terminal acetylenes is 1. The van der Waals surface area contributed by atoms with Gasteiger partial charge in [0.15, 0.2) is 5.78 Å². The molecule has 6 heteroatoms. The Balaban J connectivity index is 2.18. The van der Waals surface area contributed by atoms with Crippen LogP contribution in [0.2, 0.25) is 0 Å². The van der Waals surface area contributed by atoms with Gasteiger partial charge >= 0.3 is 0 Å². The summed E-state index contributed by atoms with van der Waals surface area (Å²) in [5.41, 5.74) is 0.896. The lowest BCUT2D eigenvalue weighted by molar-refractivity contribution is 0.0141. The van der Waals surface area contributed by atoms with Crippen molar-refractivity contribution in [3.63, 3.8) is 0 Å². The molecule has 24 heavy (non-hydrogen) atoms. The molecule has 1 aromatic carbocycles. The lowest BCUT2D eigenvalue weighted by Crippen LogP contribution is -2.13. The third-order valence-corrected chi connectivity index (χ3v) is 2.94. The Morgan fingerprint density at radius 1 is 1.08 bits per heavy atom. The van der Waals surface area contributed by atoms with Crippen LogP contribution in [0.4, 0.5) is 0 Å². The van der Waals surface area contributed by atoms with E-state index >= 15 is 0 Å². The summed E-state index contributed by atoms with van der Waals surface area (Å²) in [5.74, 6) is 2.63. The molecular formula is C18H22O6. The van der Waals surface area contributed by atoms with Crippen molar-refractivity contribution in [3.8, 4) is 18.1 Å². The van der Waals surface area contributed by atoms with Crippen LogP contribution in [0.15, 0.2) is 18.2 Å². The zero-order chi connectivity index (χ0) is 17.6. The lowest BCUT2D eigenvalue weighted by Gasteiger charge is -2.11. The summed E-state index contributed by atoms with van der Waals surface area (Å²) in [7, 11) is 0. The number of carbonyl (C=O) groups excluding carboxylic acids is 2. The average Bonchev–Trinajstić information content (AvgIpc) is 2.59. The Kier molecular flexibility index (Phi) is 10.1. The number of Topliss-reactive ketones (excluding diaryl/α,β-unsaturated/α-hetero) is 1. The highest BCUT2D eigenvalue weighted by atomic mass is 16.6. The highest BCUT2D eigenvalue weighted by Crippen LogP contribution is 2.20. The molecule has 0 aliphatic rings. The average molecular weight is 334 g/mol. The second-order valence-electron chi connectivity index (χ2n) is 4.76. The molecule has 130 valence electrons. The van der Waals surface area contributed by atoms with Gasteiger partial charge < -0.3 is 18.9 Å². The van der Waals surface area contributed by atoms with E-state index in [1.165, 1.54) is 6.92 Å². The topological polar surface area (TPSA) is 71.1 Å². The largest absolute Gasteiger partial charge is 0.490 e. The summed E-state index contributed by atoms with van der Waals surface area (Å²) in [6.07, 6.45) is 5.74. The van der Waals surface area contributed by atoms with Gasteiger partial charge in [-0.05, 0) is 19.1 Å². The van der Waals surface area contributed by atoms with Crippen LogP contribution >= 0.6 is 0 Å². The van der Waals surface area contributed by atoms with E-state index in [1.54, 1.807) is 18.2 Å². The first-order valence-corrected chi connectivity index (χ1v) is 7.58. The highest BCUT2D eigenvalue weighted by molar-refractivity contribution is 5.97. The Labute approximate surface area is 142 Å². The van der Waals surface area contributed by atoms with Crippen molar-refractivity contribution in [2.45, 2.75) is 6.92 Å². The fraction of sp³-hybridized carbons (Fsp3) is 0.444. The number of hydrogen-bond donors (Lipinski definition) is 0. The minimum atomic E-state index is -0.121. The number of benzene rings is 1. The number of aldehydes is 1. The first kappa shape index (κ1) is 19.8. The molecule has 0 aromatic heterocycles. The van der Waals surface area contributed by atoms with E-state index in [0.717, 1.165) is 0 Å². The fourth-order valence-electron chi connectivity index (χ4n) is 1.80. The molecule has 1 aromatic rings. The molecule has 0 saturated carbocycles. The highest BCUT2D eigenvalue weighted by Gasteiger charge is 2.09. The van der Waals surface area contributed by atoms with Crippen LogP contribution in [-0.2, 0) is 14.2 Å². The van der Waals surface area contributed by atoms with E-state index in [2.05, 4.69) is 5.92 Å². The standard InChI is InChI=1S/C18H22O6/c1-3-6-21-7-8-22-9-10-23-11-12-24-18-13-16(14-19)4-5-17(18)15(2)20/h1,4-5,13-14H,6-12H2,2H3. The first-order chi connectivity index (χ1) is 11.7. The van der Waals surface area contributed by atoms with Crippen molar-refractivity contribution in [3.05, 3.63) is 29.3 Å². The summed E-state index contributed by atoms with van der Waals surface area (Å²) >= 11 is 0. The van der Waals surface area contributed by atoms with E-state index in [-0.39, 0.29) is 19.0 Å². The monoisotopic (exact) mass is 334 g/mol. The molecule has 0 aliphatic carbocycles. The minimum Gasteiger partial charge on any atom is -0.490 e. The fourth-order valence-corrected chi connectivity index (χ4v) is 1.80. The quantitative estimate of drug-likeness (QED) is 0.237. The van der Waals surface area contributed by atoms with Gasteiger partial charge in [0.25, 0.3) is 0 Å². The second-order valence-corrected chi connectivity index (χ2v) is 4.76. The number of rotatable bonds is 13. The number of hydrogen-bond acceptors (Lipinski definition) is 6. The summed E-state index contributed by atoms with van der Waals surface area (Å²) < 4.78 is 21.2. The molecular weight excluding hydrogens is 312 g/mol. The molecule has 6 nitrogen and oxygen atoms in total. The molecule has 0 fully saturated rings. The molecule has 0 heterocycles. The van der Waals surface area contributed by atoms with Crippen LogP contribution < -0.4 is 4.74 Å². The molecule has 0 bridgehead atoms. The maximum atomic E-state index is 11.5. The van der Waals surface area contributed by atoms with Gasteiger partial charge in [0.05, 0.1) is 38.6 Å². The normalized spacial score (nSPS) is 10.2. The Morgan fingerprint density at radius 2 is 1.71 bits per heavy atom. The molecule has 0 amide bonds. The van der Waals surface area contributed by atoms with Gasteiger partial charge in [0.2, 0.25) is 0 Å². The van der Waals surface area contributed by atoms with Gasteiger partial charge in [0, 0.05) is 5.56 Å². The number of ketones is 1. The third-order valence-electron chi connectivity index (χ3n) is 2.94. The zero-order valence-corrected chi connectivity index (χ0v) is 13.8. The molecule has 0 unspecified atom stereocenters. The molecule has 0 spiro atoms. The lowest BCUT2D eigenvalue weighted by atomic mass is 10.1. The summed E-state index contributed by atoms with van der Waals surface area (Å²) in [6.45, 7) is 4.13.